The van der Waals surface area contributed by atoms with Crippen LogP contribution in [0.2, 0.25) is 0 Å². The Kier molecular flexibility index (Phi) is 3.92. The minimum Gasteiger partial charge on any atom is -0.508 e. The number of hydrogen-bond donors (Lipinski definition) is 1. The molecule has 0 bridgehead atoms. The molecule has 3 rings (SSSR count). The van der Waals surface area contributed by atoms with Gasteiger partial charge in [0.1, 0.15) is 11.5 Å². The Hall–Kier alpha value is -2.60. The number of carbonyl (C=O) groups excluding carboxylic acids is 2. The molecule has 1 heterocycles. The maximum Gasteiger partial charge on any atom is 0.220 e. The van der Waals surface area contributed by atoms with Gasteiger partial charge in [-0.2, -0.15) is 0 Å². The number of fused-ring (bicyclic) bond motifs is 1. The summed E-state index contributed by atoms with van der Waals surface area (Å²) in [6.45, 7) is 0.177. The molecule has 2 aliphatic rings. The molecule has 0 saturated heterocycles. The summed E-state index contributed by atoms with van der Waals surface area (Å²) in [5, 5.41) is 9.54. The third kappa shape index (κ3) is 2.61. The molecule has 0 spiro atoms. The predicted octanol–water partition coefficient (Wildman–Crippen LogP) is 1.70. The van der Waals surface area contributed by atoms with E-state index in [4.69, 9.17) is 14.2 Å². The number of methoxy groups -OCH3 is 2. The van der Waals surface area contributed by atoms with Crippen molar-refractivity contribution in [2.75, 3.05) is 20.8 Å². The van der Waals surface area contributed by atoms with Gasteiger partial charge in [0.05, 0.1) is 25.7 Å². The maximum atomic E-state index is 12.3. The number of aromatic hydroxyl groups is 1. The first-order valence-electron chi connectivity index (χ1n) is 7.09. The van der Waals surface area contributed by atoms with E-state index in [1.54, 1.807) is 6.07 Å². The molecule has 1 N–H and O–H groups in total. The molecule has 2 atom stereocenters. The molecule has 0 aromatic heterocycles. The molecule has 1 aliphatic heterocycles. The Morgan fingerprint density at radius 1 is 1.17 bits per heavy atom. The van der Waals surface area contributed by atoms with E-state index in [1.807, 2.05) is 0 Å². The van der Waals surface area contributed by atoms with Crippen LogP contribution in [0.4, 0.5) is 0 Å². The van der Waals surface area contributed by atoms with Crippen LogP contribution >= 0.6 is 0 Å². The lowest BCUT2D eigenvalue weighted by Gasteiger charge is -2.34. The highest BCUT2D eigenvalue weighted by atomic mass is 16.5. The van der Waals surface area contributed by atoms with Gasteiger partial charge in [-0.1, -0.05) is 0 Å². The van der Waals surface area contributed by atoms with Crippen LogP contribution in [0.25, 0.3) is 0 Å². The number of carbonyl (C=O) groups is 2. The second-order valence-electron chi connectivity index (χ2n) is 5.34. The van der Waals surface area contributed by atoms with Crippen molar-refractivity contribution in [2.45, 2.75) is 6.10 Å². The molecule has 1 aromatic carbocycles. The number of rotatable bonds is 3. The highest BCUT2D eigenvalue weighted by Gasteiger charge is 2.37. The summed E-state index contributed by atoms with van der Waals surface area (Å²) in [4.78, 5) is 24.3. The van der Waals surface area contributed by atoms with Gasteiger partial charge in [-0.15, -0.1) is 0 Å². The standard InChI is InChI=1S/C17H16O6/c1-21-16-7-13(19)11(6-14(16)20)12-8-23-15-5-9(18)3-4-10(15)17(12)22-2/h3-7,12,17-18H,8H2,1-2H3/t12-,17-/m1/s1. The predicted molar refractivity (Wildman–Crippen MR) is 80.0 cm³/mol. The van der Waals surface area contributed by atoms with E-state index < -0.39 is 12.0 Å². The van der Waals surface area contributed by atoms with Gasteiger partial charge in [-0.3, -0.25) is 9.59 Å². The quantitative estimate of drug-likeness (QED) is 0.855. The smallest absolute Gasteiger partial charge is 0.220 e. The van der Waals surface area contributed by atoms with Crippen LogP contribution in [0.15, 0.2) is 41.7 Å². The van der Waals surface area contributed by atoms with E-state index in [2.05, 4.69) is 0 Å². The molecular formula is C17H16O6. The number of benzene rings is 1. The van der Waals surface area contributed by atoms with E-state index in [-0.39, 0.29) is 29.7 Å². The fourth-order valence-electron chi connectivity index (χ4n) is 2.92. The topological polar surface area (TPSA) is 82.1 Å². The van der Waals surface area contributed by atoms with Gasteiger partial charge in [0.25, 0.3) is 0 Å². The van der Waals surface area contributed by atoms with E-state index in [0.717, 1.165) is 5.56 Å². The minimum absolute atomic E-state index is 0.0229. The Bertz CT molecular complexity index is 731. The SMILES string of the molecule is COC1=CC(=O)C([C@H]2COc3cc(O)ccc3[C@H]2OC)=CC1=O. The van der Waals surface area contributed by atoms with Crippen LogP contribution in [0.5, 0.6) is 11.5 Å². The third-order valence-corrected chi connectivity index (χ3v) is 4.04. The minimum atomic E-state index is -0.445. The summed E-state index contributed by atoms with van der Waals surface area (Å²) in [5.41, 5.74) is 1.06. The number of phenolic OH excluding ortho intramolecular Hbond substituents is 1. The number of ketones is 2. The van der Waals surface area contributed by atoms with Gasteiger partial charge in [0.2, 0.25) is 5.78 Å². The highest BCUT2D eigenvalue weighted by molar-refractivity contribution is 6.19. The van der Waals surface area contributed by atoms with Crippen LogP contribution in [-0.2, 0) is 19.1 Å². The first-order chi connectivity index (χ1) is 11.0. The van der Waals surface area contributed by atoms with Crippen molar-refractivity contribution in [1.29, 1.82) is 0 Å². The zero-order valence-electron chi connectivity index (χ0n) is 12.7. The van der Waals surface area contributed by atoms with Crippen molar-refractivity contribution < 1.29 is 28.9 Å². The highest BCUT2D eigenvalue weighted by Crippen LogP contribution is 2.42. The van der Waals surface area contributed by atoms with Gasteiger partial charge >= 0.3 is 0 Å². The van der Waals surface area contributed by atoms with Crippen molar-refractivity contribution >= 4 is 11.6 Å². The fraction of sp³-hybridized carbons (Fsp3) is 0.294. The van der Waals surface area contributed by atoms with Gasteiger partial charge in [-0.25, -0.2) is 0 Å². The van der Waals surface area contributed by atoms with Crippen LogP contribution in [0.3, 0.4) is 0 Å². The molecule has 120 valence electrons. The molecule has 23 heavy (non-hydrogen) atoms. The lowest BCUT2D eigenvalue weighted by atomic mass is 9.82. The van der Waals surface area contributed by atoms with Crippen molar-refractivity contribution in [3.05, 3.63) is 47.2 Å². The van der Waals surface area contributed by atoms with Crippen LogP contribution < -0.4 is 4.74 Å². The van der Waals surface area contributed by atoms with Crippen molar-refractivity contribution in [3.63, 3.8) is 0 Å². The van der Waals surface area contributed by atoms with Crippen LogP contribution in [0, 0.1) is 5.92 Å². The average molecular weight is 316 g/mol. The first-order valence-corrected chi connectivity index (χ1v) is 7.09. The van der Waals surface area contributed by atoms with E-state index in [1.165, 1.54) is 38.5 Å². The Morgan fingerprint density at radius 2 is 1.96 bits per heavy atom. The van der Waals surface area contributed by atoms with Crippen LogP contribution in [0.1, 0.15) is 11.7 Å². The lowest BCUT2D eigenvalue weighted by molar-refractivity contribution is -0.118. The molecule has 0 unspecified atom stereocenters. The van der Waals surface area contributed by atoms with Crippen molar-refractivity contribution in [2.24, 2.45) is 5.92 Å². The fourth-order valence-corrected chi connectivity index (χ4v) is 2.92. The molecule has 6 nitrogen and oxygen atoms in total. The van der Waals surface area contributed by atoms with E-state index in [0.29, 0.717) is 11.3 Å². The maximum absolute atomic E-state index is 12.3. The Balaban J connectivity index is 1.97. The molecule has 1 aromatic rings. The normalized spacial score (nSPS) is 23.6. The summed E-state index contributed by atoms with van der Waals surface area (Å²) in [7, 11) is 2.88. The molecular weight excluding hydrogens is 300 g/mol. The number of allylic oxidation sites excluding steroid dienone is 2. The second-order valence-corrected chi connectivity index (χ2v) is 5.34. The summed E-state index contributed by atoms with van der Waals surface area (Å²) in [6.07, 6.45) is 2.03. The average Bonchev–Trinajstić information content (AvgIpc) is 2.55. The van der Waals surface area contributed by atoms with Gasteiger partial charge in [0, 0.05) is 30.4 Å². The third-order valence-electron chi connectivity index (χ3n) is 4.04. The molecule has 0 saturated carbocycles. The molecule has 0 amide bonds. The van der Waals surface area contributed by atoms with Gasteiger partial charge in [-0.05, 0) is 18.2 Å². The Morgan fingerprint density at radius 3 is 2.65 bits per heavy atom. The van der Waals surface area contributed by atoms with Crippen LogP contribution in [-0.4, -0.2) is 37.5 Å². The van der Waals surface area contributed by atoms with Gasteiger partial charge < -0.3 is 19.3 Å². The van der Waals surface area contributed by atoms with E-state index >= 15 is 0 Å². The monoisotopic (exact) mass is 316 g/mol. The van der Waals surface area contributed by atoms with E-state index in [9.17, 15) is 14.7 Å². The molecule has 0 fully saturated rings. The lowest BCUT2D eigenvalue weighted by Crippen LogP contribution is -2.32. The Labute approximate surface area is 133 Å². The summed E-state index contributed by atoms with van der Waals surface area (Å²) >= 11 is 0. The molecule has 1 aliphatic carbocycles. The molecule has 6 heteroatoms. The zero-order valence-corrected chi connectivity index (χ0v) is 12.7. The number of hydrogen-bond acceptors (Lipinski definition) is 6. The summed E-state index contributed by atoms with van der Waals surface area (Å²) < 4.78 is 16.1. The summed E-state index contributed by atoms with van der Waals surface area (Å²) in [6, 6.07) is 4.72. The summed E-state index contributed by atoms with van der Waals surface area (Å²) in [5.74, 6) is -0.435. The number of ether oxygens (including phenoxy) is 3. The first kappa shape index (κ1) is 15.3. The van der Waals surface area contributed by atoms with Crippen molar-refractivity contribution in [1.82, 2.24) is 0 Å². The zero-order chi connectivity index (χ0) is 16.6. The molecule has 0 radical (unpaired) electrons. The number of phenols is 1. The van der Waals surface area contributed by atoms with Crippen molar-refractivity contribution in [3.8, 4) is 11.5 Å². The second kappa shape index (κ2) is 5.89. The largest absolute Gasteiger partial charge is 0.508 e. The van der Waals surface area contributed by atoms with Gasteiger partial charge in [0.15, 0.2) is 11.5 Å².